The lowest BCUT2D eigenvalue weighted by molar-refractivity contribution is 0.262. The van der Waals surface area contributed by atoms with Gasteiger partial charge < -0.3 is 10.6 Å². The van der Waals surface area contributed by atoms with Crippen molar-refractivity contribution in [3.63, 3.8) is 0 Å². The van der Waals surface area contributed by atoms with E-state index in [1.807, 2.05) is 54.6 Å². The highest BCUT2D eigenvalue weighted by Gasteiger charge is 2.01. The van der Waals surface area contributed by atoms with Gasteiger partial charge in [-0.1, -0.05) is 43.0 Å². The Morgan fingerprint density at radius 3 is 2.33 bits per heavy atom. The Bertz CT molecular complexity index is 549. The van der Waals surface area contributed by atoms with Gasteiger partial charge in [0.25, 0.3) is 0 Å². The molecule has 0 aromatic heterocycles. The second-order valence-electron chi connectivity index (χ2n) is 3.77. The SMILES string of the molecule is C=Cc1cccc(NC(=O)Nc2ccccc2)c1. The Morgan fingerprint density at radius 2 is 1.61 bits per heavy atom. The molecule has 0 unspecified atom stereocenters. The van der Waals surface area contributed by atoms with E-state index in [9.17, 15) is 4.79 Å². The van der Waals surface area contributed by atoms with Crippen LogP contribution in [0.5, 0.6) is 0 Å². The molecule has 0 atom stereocenters. The Morgan fingerprint density at radius 1 is 0.944 bits per heavy atom. The van der Waals surface area contributed by atoms with Crippen LogP contribution < -0.4 is 10.6 Å². The summed E-state index contributed by atoms with van der Waals surface area (Å²) in [6, 6.07) is 16.5. The highest BCUT2D eigenvalue weighted by atomic mass is 16.2. The number of benzene rings is 2. The average Bonchev–Trinajstić information content (AvgIpc) is 2.40. The number of nitrogens with one attached hydrogen (secondary N) is 2. The third kappa shape index (κ3) is 3.22. The predicted molar refractivity (Wildman–Crippen MR) is 75.6 cm³/mol. The molecule has 0 aliphatic rings. The molecule has 0 saturated carbocycles. The minimum atomic E-state index is -0.262. The van der Waals surface area contributed by atoms with E-state index in [-0.39, 0.29) is 6.03 Å². The summed E-state index contributed by atoms with van der Waals surface area (Å²) in [5.74, 6) is 0. The monoisotopic (exact) mass is 238 g/mol. The quantitative estimate of drug-likeness (QED) is 0.834. The molecular formula is C15H14N2O. The van der Waals surface area contributed by atoms with Crippen molar-refractivity contribution >= 4 is 23.5 Å². The maximum Gasteiger partial charge on any atom is 0.323 e. The largest absolute Gasteiger partial charge is 0.323 e. The van der Waals surface area contributed by atoms with Crippen LogP contribution in [-0.4, -0.2) is 6.03 Å². The van der Waals surface area contributed by atoms with Crippen molar-refractivity contribution in [3.05, 3.63) is 66.7 Å². The third-order valence-corrected chi connectivity index (χ3v) is 2.41. The van der Waals surface area contributed by atoms with Crippen LogP contribution in [0.25, 0.3) is 6.08 Å². The second kappa shape index (κ2) is 5.68. The first-order valence-electron chi connectivity index (χ1n) is 5.63. The summed E-state index contributed by atoms with van der Waals surface area (Å²) < 4.78 is 0. The van der Waals surface area contributed by atoms with Gasteiger partial charge in [0, 0.05) is 11.4 Å². The van der Waals surface area contributed by atoms with E-state index in [1.165, 1.54) is 0 Å². The number of amides is 2. The molecule has 2 N–H and O–H groups in total. The van der Waals surface area contributed by atoms with Crippen LogP contribution in [0.2, 0.25) is 0 Å². The number of anilines is 2. The van der Waals surface area contributed by atoms with E-state index in [4.69, 9.17) is 0 Å². The fraction of sp³-hybridized carbons (Fsp3) is 0. The van der Waals surface area contributed by atoms with Gasteiger partial charge in [-0.2, -0.15) is 0 Å². The Kier molecular flexibility index (Phi) is 3.76. The summed E-state index contributed by atoms with van der Waals surface area (Å²) in [5.41, 5.74) is 2.46. The maximum atomic E-state index is 11.7. The van der Waals surface area contributed by atoms with Gasteiger partial charge in [0.15, 0.2) is 0 Å². The fourth-order valence-electron chi connectivity index (χ4n) is 1.56. The van der Waals surface area contributed by atoms with Crippen molar-refractivity contribution in [3.8, 4) is 0 Å². The molecule has 18 heavy (non-hydrogen) atoms. The zero-order valence-corrected chi connectivity index (χ0v) is 9.89. The summed E-state index contributed by atoms with van der Waals surface area (Å²) in [4.78, 5) is 11.7. The van der Waals surface area contributed by atoms with Gasteiger partial charge in [-0.05, 0) is 29.8 Å². The number of carbonyl (C=O) groups excluding carboxylic acids is 1. The molecule has 0 saturated heterocycles. The Labute approximate surface area is 106 Å². The molecule has 2 amide bonds. The van der Waals surface area contributed by atoms with Crippen LogP contribution in [0.4, 0.5) is 16.2 Å². The molecular weight excluding hydrogens is 224 g/mol. The topological polar surface area (TPSA) is 41.1 Å². The number of urea groups is 1. The van der Waals surface area contributed by atoms with Crippen molar-refractivity contribution in [1.82, 2.24) is 0 Å². The number of hydrogen-bond acceptors (Lipinski definition) is 1. The highest BCUT2D eigenvalue weighted by Crippen LogP contribution is 2.12. The number of rotatable bonds is 3. The van der Waals surface area contributed by atoms with Gasteiger partial charge in [0.2, 0.25) is 0 Å². The van der Waals surface area contributed by atoms with Gasteiger partial charge in [-0.3, -0.25) is 0 Å². The number of hydrogen-bond donors (Lipinski definition) is 2. The molecule has 2 aromatic carbocycles. The molecule has 0 spiro atoms. The van der Waals surface area contributed by atoms with Gasteiger partial charge in [-0.15, -0.1) is 0 Å². The summed E-state index contributed by atoms with van der Waals surface area (Å²) in [7, 11) is 0. The van der Waals surface area contributed by atoms with Crippen LogP contribution in [-0.2, 0) is 0 Å². The van der Waals surface area contributed by atoms with Gasteiger partial charge in [0.05, 0.1) is 0 Å². The maximum absolute atomic E-state index is 11.7. The van der Waals surface area contributed by atoms with Crippen LogP contribution in [0, 0.1) is 0 Å². The standard InChI is InChI=1S/C15H14N2O/c1-2-12-7-6-10-14(11-12)17-15(18)16-13-8-4-3-5-9-13/h2-11H,1H2,(H2,16,17,18). The van der Waals surface area contributed by atoms with Crippen LogP contribution in [0.15, 0.2) is 61.2 Å². The molecule has 0 heterocycles. The zero-order valence-electron chi connectivity index (χ0n) is 9.89. The first kappa shape index (κ1) is 11.9. The first-order valence-corrected chi connectivity index (χ1v) is 5.63. The van der Waals surface area contributed by atoms with Crippen LogP contribution >= 0.6 is 0 Å². The molecule has 0 fully saturated rings. The summed E-state index contributed by atoms with van der Waals surface area (Å²) in [6.45, 7) is 3.69. The van der Waals surface area contributed by atoms with Gasteiger partial charge >= 0.3 is 6.03 Å². The lowest BCUT2D eigenvalue weighted by Crippen LogP contribution is -2.19. The Balaban J connectivity index is 2.01. The minimum Gasteiger partial charge on any atom is -0.308 e. The fourth-order valence-corrected chi connectivity index (χ4v) is 1.56. The molecule has 0 radical (unpaired) electrons. The summed E-state index contributed by atoms with van der Waals surface area (Å²) in [5, 5.41) is 5.52. The van der Waals surface area contributed by atoms with Gasteiger partial charge in [-0.25, -0.2) is 4.79 Å². The molecule has 2 aromatic rings. The van der Waals surface area contributed by atoms with E-state index in [0.717, 1.165) is 16.9 Å². The summed E-state index contributed by atoms with van der Waals surface area (Å²) >= 11 is 0. The normalized spacial score (nSPS) is 9.56. The van der Waals surface area contributed by atoms with E-state index in [1.54, 1.807) is 6.08 Å². The van der Waals surface area contributed by atoms with E-state index in [0.29, 0.717) is 0 Å². The van der Waals surface area contributed by atoms with Crippen molar-refractivity contribution in [2.24, 2.45) is 0 Å². The highest BCUT2D eigenvalue weighted by molar-refractivity contribution is 5.99. The molecule has 0 aliphatic carbocycles. The lowest BCUT2D eigenvalue weighted by atomic mass is 10.2. The van der Waals surface area contributed by atoms with Crippen LogP contribution in [0.3, 0.4) is 0 Å². The third-order valence-electron chi connectivity index (χ3n) is 2.41. The number of para-hydroxylation sites is 1. The summed E-state index contributed by atoms with van der Waals surface area (Å²) in [6.07, 6.45) is 1.74. The van der Waals surface area contributed by atoms with Crippen LogP contribution in [0.1, 0.15) is 5.56 Å². The molecule has 3 nitrogen and oxygen atoms in total. The molecule has 2 rings (SSSR count). The minimum absolute atomic E-state index is 0.262. The van der Waals surface area contributed by atoms with E-state index in [2.05, 4.69) is 17.2 Å². The smallest absolute Gasteiger partial charge is 0.308 e. The zero-order chi connectivity index (χ0) is 12.8. The van der Waals surface area contributed by atoms with Crippen molar-refractivity contribution < 1.29 is 4.79 Å². The number of carbonyl (C=O) groups is 1. The average molecular weight is 238 g/mol. The van der Waals surface area contributed by atoms with E-state index >= 15 is 0 Å². The van der Waals surface area contributed by atoms with Gasteiger partial charge in [0.1, 0.15) is 0 Å². The second-order valence-corrected chi connectivity index (χ2v) is 3.77. The molecule has 3 heteroatoms. The molecule has 0 aliphatic heterocycles. The van der Waals surface area contributed by atoms with Crippen molar-refractivity contribution in [1.29, 1.82) is 0 Å². The van der Waals surface area contributed by atoms with E-state index < -0.39 is 0 Å². The van der Waals surface area contributed by atoms with Crippen molar-refractivity contribution in [2.75, 3.05) is 10.6 Å². The predicted octanol–water partition coefficient (Wildman–Crippen LogP) is 3.97. The van der Waals surface area contributed by atoms with Crippen molar-refractivity contribution in [2.45, 2.75) is 0 Å². The lowest BCUT2D eigenvalue weighted by Gasteiger charge is -2.07. The molecule has 90 valence electrons. The Hall–Kier alpha value is -2.55. The molecule has 0 bridgehead atoms. The first-order chi connectivity index (χ1) is 8.78.